The van der Waals surface area contributed by atoms with Crippen LogP contribution in [-0.4, -0.2) is 34.5 Å². The zero-order valence-corrected chi connectivity index (χ0v) is 21.9. The Morgan fingerprint density at radius 1 is 0.905 bits per heavy atom. The van der Waals surface area contributed by atoms with Gasteiger partial charge < -0.3 is 10.2 Å². The number of carbonyl (C=O) groups is 3. The first-order valence-electron chi connectivity index (χ1n) is 13.4. The monoisotopic (exact) mass is 559 g/mol. The van der Waals surface area contributed by atoms with Crippen molar-refractivity contribution in [1.82, 2.24) is 0 Å². The third kappa shape index (κ3) is 3.43. The van der Waals surface area contributed by atoms with Crippen molar-refractivity contribution in [3.8, 4) is 0 Å². The molecule has 4 atom stereocenters. The van der Waals surface area contributed by atoms with E-state index in [4.69, 9.17) is 0 Å². The van der Waals surface area contributed by atoms with Gasteiger partial charge in [-0.25, -0.2) is 4.39 Å². The van der Waals surface area contributed by atoms with E-state index in [1.165, 1.54) is 42.5 Å². The number of anilines is 2. The van der Waals surface area contributed by atoms with Gasteiger partial charge in [0.25, 0.3) is 5.69 Å². The number of ketones is 2. The van der Waals surface area contributed by atoms with Crippen LogP contribution in [0.15, 0.2) is 103 Å². The molecule has 42 heavy (non-hydrogen) atoms. The van der Waals surface area contributed by atoms with Gasteiger partial charge in [0, 0.05) is 29.1 Å². The molecular weight excluding hydrogens is 537 g/mol. The third-order valence-electron chi connectivity index (χ3n) is 8.57. The van der Waals surface area contributed by atoms with Gasteiger partial charge >= 0.3 is 0 Å². The Morgan fingerprint density at radius 2 is 1.64 bits per heavy atom. The maximum absolute atomic E-state index is 15.2. The molecule has 3 aliphatic rings. The van der Waals surface area contributed by atoms with Crippen LogP contribution in [0.2, 0.25) is 0 Å². The summed E-state index contributed by atoms with van der Waals surface area (Å²) in [5, 5.41) is 14.5. The van der Waals surface area contributed by atoms with E-state index in [-0.39, 0.29) is 16.8 Å². The summed E-state index contributed by atoms with van der Waals surface area (Å²) in [6.07, 6.45) is 3.67. The molecule has 8 nitrogen and oxygen atoms in total. The number of nitro benzene ring substituents is 1. The molecule has 0 saturated carbocycles. The lowest BCUT2D eigenvalue weighted by molar-refractivity contribution is -0.384. The zero-order chi connectivity index (χ0) is 29.2. The molecule has 0 bridgehead atoms. The Kier molecular flexibility index (Phi) is 5.65. The van der Waals surface area contributed by atoms with Crippen molar-refractivity contribution in [2.45, 2.75) is 17.5 Å². The Balaban J connectivity index is 1.55. The molecule has 1 saturated heterocycles. The summed E-state index contributed by atoms with van der Waals surface area (Å²) in [5.41, 5.74) is 0.281. The molecule has 1 N–H and O–H groups in total. The molecule has 0 aliphatic carbocycles. The molecule has 3 heterocycles. The first kappa shape index (κ1) is 25.5. The summed E-state index contributed by atoms with van der Waals surface area (Å²) >= 11 is 0. The summed E-state index contributed by atoms with van der Waals surface area (Å²) in [6.45, 7) is 0. The molecule has 1 fully saturated rings. The molecule has 4 aromatic carbocycles. The van der Waals surface area contributed by atoms with E-state index in [9.17, 15) is 24.5 Å². The number of Topliss-reactive ketones (excluding diaryl/α,β-unsaturated/α-hetero) is 2. The Morgan fingerprint density at radius 3 is 2.45 bits per heavy atom. The Bertz CT molecular complexity index is 1870. The average Bonchev–Trinajstić information content (AvgIpc) is 3.49. The SMILES string of the molecule is O=C(c1ccccc1F)C1C(C(=O)c2cccc([N+](=O)[O-])c2)C2(C(=O)Nc3ccccc32)C2C=Cc3ccccc3N12. The smallest absolute Gasteiger partial charge is 0.270 e. The van der Waals surface area contributed by atoms with Crippen LogP contribution in [-0.2, 0) is 10.2 Å². The number of hydrogen-bond donors (Lipinski definition) is 1. The number of non-ortho nitro benzene ring substituents is 1. The van der Waals surface area contributed by atoms with Crippen molar-refractivity contribution in [2.75, 3.05) is 10.2 Å². The molecule has 0 radical (unpaired) electrons. The summed E-state index contributed by atoms with van der Waals surface area (Å²) in [4.78, 5) is 56.3. The van der Waals surface area contributed by atoms with Crippen molar-refractivity contribution >= 4 is 40.6 Å². The number of nitrogens with one attached hydrogen (secondary N) is 1. The molecular formula is C33H22FN3O5. The topological polar surface area (TPSA) is 110 Å². The van der Waals surface area contributed by atoms with Crippen LogP contribution in [0.1, 0.15) is 31.8 Å². The Labute approximate surface area is 239 Å². The largest absolute Gasteiger partial charge is 0.352 e. The maximum Gasteiger partial charge on any atom is 0.270 e. The molecule has 206 valence electrons. The average molecular weight is 560 g/mol. The van der Waals surface area contributed by atoms with Crippen LogP contribution < -0.4 is 10.2 Å². The minimum absolute atomic E-state index is 0.0193. The number of hydrogen-bond acceptors (Lipinski definition) is 6. The molecule has 1 amide bonds. The normalized spacial score (nSPS) is 23.2. The standard InChI is InChI=1S/C33H22FN3O5/c34-24-13-4-2-11-22(24)31(39)29-28(30(38)20-9-7-10-21(18-20)37(41)42)33(23-12-3-5-14-25(23)35-32(33)40)27-17-16-19-8-1-6-15-26(19)36(27)29/h1-18,27-29H,(H,35,40). The van der Waals surface area contributed by atoms with Gasteiger partial charge in [0.1, 0.15) is 17.3 Å². The van der Waals surface area contributed by atoms with E-state index < -0.39 is 51.6 Å². The molecule has 4 unspecified atom stereocenters. The van der Waals surface area contributed by atoms with Gasteiger partial charge in [-0.05, 0) is 35.4 Å². The Hall–Kier alpha value is -5.44. The van der Waals surface area contributed by atoms with Gasteiger partial charge in [-0.1, -0.05) is 72.8 Å². The first-order valence-corrected chi connectivity index (χ1v) is 13.4. The van der Waals surface area contributed by atoms with E-state index in [1.807, 2.05) is 24.3 Å². The number of para-hydroxylation sites is 2. The van der Waals surface area contributed by atoms with E-state index in [1.54, 1.807) is 41.3 Å². The highest BCUT2D eigenvalue weighted by atomic mass is 19.1. The van der Waals surface area contributed by atoms with Gasteiger partial charge in [0.15, 0.2) is 11.6 Å². The summed E-state index contributed by atoms with van der Waals surface area (Å²) in [7, 11) is 0. The van der Waals surface area contributed by atoms with E-state index in [2.05, 4.69) is 5.32 Å². The van der Waals surface area contributed by atoms with Gasteiger partial charge in [-0.3, -0.25) is 24.5 Å². The summed E-state index contributed by atoms with van der Waals surface area (Å²) < 4.78 is 15.2. The number of carbonyl (C=O) groups excluding carboxylic acids is 3. The fraction of sp³-hybridized carbons (Fsp3) is 0.121. The van der Waals surface area contributed by atoms with Crippen molar-refractivity contribution in [3.05, 3.63) is 141 Å². The number of nitro groups is 1. The second-order valence-electron chi connectivity index (χ2n) is 10.6. The van der Waals surface area contributed by atoms with Crippen LogP contribution >= 0.6 is 0 Å². The second-order valence-corrected chi connectivity index (χ2v) is 10.6. The number of halogens is 1. The molecule has 1 spiro atoms. The second kappa shape index (κ2) is 9.31. The fourth-order valence-electron chi connectivity index (χ4n) is 6.89. The quantitative estimate of drug-likeness (QED) is 0.194. The fourth-order valence-corrected chi connectivity index (χ4v) is 6.89. The van der Waals surface area contributed by atoms with Gasteiger partial charge in [-0.15, -0.1) is 0 Å². The molecule has 3 aliphatic heterocycles. The van der Waals surface area contributed by atoms with E-state index in [0.29, 0.717) is 16.9 Å². The maximum atomic E-state index is 15.2. The molecule has 9 heteroatoms. The van der Waals surface area contributed by atoms with Crippen molar-refractivity contribution in [1.29, 1.82) is 0 Å². The van der Waals surface area contributed by atoms with Crippen molar-refractivity contribution in [3.63, 3.8) is 0 Å². The predicted molar refractivity (Wildman–Crippen MR) is 154 cm³/mol. The van der Waals surface area contributed by atoms with Crippen LogP contribution in [0.25, 0.3) is 6.08 Å². The van der Waals surface area contributed by atoms with Crippen molar-refractivity contribution < 1.29 is 23.7 Å². The lowest BCUT2D eigenvalue weighted by atomic mass is 9.64. The van der Waals surface area contributed by atoms with Crippen molar-refractivity contribution in [2.24, 2.45) is 5.92 Å². The number of rotatable bonds is 5. The van der Waals surface area contributed by atoms with Crippen LogP contribution in [0.5, 0.6) is 0 Å². The predicted octanol–water partition coefficient (Wildman–Crippen LogP) is 5.59. The highest BCUT2D eigenvalue weighted by Gasteiger charge is 2.70. The zero-order valence-electron chi connectivity index (χ0n) is 21.9. The first-order chi connectivity index (χ1) is 20.3. The highest BCUT2D eigenvalue weighted by Crippen LogP contribution is 2.58. The number of amides is 1. The summed E-state index contributed by atoms with van der Waals surface area (Å²) in [5.74, 6) is -3.88. The lowest BCUT2D eigenvalue weighted by Gasteiger charge is -2.37. The molecule has 4 aromatic rings. The van der Waals surface area contributed by atoms with Gasteiger partial charge in [0.05, 0.1) is 22.4 Å². The van der Waals surface area contributed by atoms with E-state index in [0.717, 1.165) is 11.6 Å². The minimum atomic E-state index is -1.60. The van der Waals surface area contributed by atoms with E-state index >= 15 is 4.39 Å². The minimum Gasteiger partial charge on any atom is -0.352 e. The van der Waals surface area contributed by atoms with Gasteiger partial charge in [-0.2, -0.15) is 0 Å². The molecule has 7 rings (SSSR count). The van der Waals surface area contributed by atoms with Crippen LogP contribution in [0.3, 0.4) is 0 Å². The molecule has 0 aromatic heterocycles. The number of fused-ring (bicyclic) bond motifs is 6. The lowest BCUT2D eigenvalue weighted by Crippen LogP contribution is -2.51. The summed E-state index contributed by atoms with van der Waals surface area (Å²) in [6, 6.07) is 23.0. The number of benzene rings is 4. The van der Waals surface area contributed by atoms with Gasteiger partial charge in [0.2, 0.25) is 5.91 Å². The van der Waals surface area contributed by atoms with Crippen LogP contribution in [0, 0.1) is 21.8 Å². The van der Waals surface area contributed by atoms with Crippen LogP contribution in [0.4, 0.5) is 21.5 Å². The number of nitrogens with zero attached hydrogens (tertiary/aromatic N) is 2. The highest BCUT2D eigenvalue weighted by molar-refractivity contribution is 6.18. The third-order valence-corrected chi connectivity index (χ3v) is 8.57.